The highest BCUT2D eigenvalue weighted by molar-refractivity contribution is 5.94. The lowest BCUT2D eigenvalue weighted by molar-refractivity contribution is -0.137. The van der Waals surface area contributed by atoms with E-state index in [2.05, 4.69) is 0 Å². The summed E-state index contributed by atoms with van der Waals surface area (Å²) in [5, 5.41) is 8.59. The van der Waals surface area contributed by atoms with Crippen molar-refractivity contribution in [2.75, 3.05) is 22.9 Å². The van der Waals surface area contributed by atoms with Crippen LogP contribution < -0.4 is 15.3 Å². The lowest BCUT2D eigenvalue weighted by atomic mass is 9.84. The maximum Gasteiger partial charge on any atom is 0.416 e. The molecule has 2 fully saturated rings. The second kappa shape index (κ2) is 6.12. The monoisotopic (exact) mass is 381 g/mol. The lowest BCUT2D eigenvalue weighted by Gasteiger charge is -2.63. The number of alkyl halides is 3. The first-order chi connectivity index (χ1) is 12.8. The number of carbonyl (C=O) groups is 1. The highest BCUT2D eigenvalue weighted by Crippen LogP contribution is 2.41. The molecule has 0 radical (unpaired) electrons. The summed E-state index contributed by atoms with van der Waals surface area (Å²) >= 11 is 0. The number of halogens is 4. The van der Waals surface area contributed by atoms with E-state index in [1.54, 1.807) is 12.1 Å². The molecule has 2 aliphatic heterocycles. The molecule has 0 bridgehead atoms. The Morgan fingerprint density at radius 2 is 1.67 bits per heavy atom. The van der Waals surface area contributed by atoms with Crippen LogP contribution in [-0.4, -0.2) is 36.3 Å². The topological polar surface area (TPSA) is 55.8 Å². The van der Waals surface area contributed by atoms with Crippen LogP contribution in [0.5, 0.6) is 0 Å². The number of carbonyl (C=O) groups excluding carboxylic acids is 1. The van der Waals surface area contributed by atoms with E-state index < -0.39 is 23.5 Å². The number of hydrogen-bond donors (Lipinski definition) is 2. The molecule has 2 aliphatic rings. The van der Waals surface area contributed by atoms with Crippen LogP contribution in [0.1, 0.15) is 15.9 Å². The first-order valence-electron chi connectivity index (χ1n) is 8.24. The van der Waals surface area contributed by atoms with Crippen molar-refractivity contribution >= 4 is 17.3 Å². The zero-order chi connectivity index (χ0) is 19.3. The molecule has 5 nitrogen and oxygen atoms in total. The molecule has 2 saturated heterocycles. The van der Waals surface area contributed by atoms with E-state index in [1.807, 2.05) is 9.80 Å². The Morgan fingerprint density at radius 3 is 2.19 bits per heavy atom. The third-order valence-corrected chi connectivity index (χ3v) is 5.15. The minimum atomic E-state index is -4.38. The van der Waals surface area contributed by atoms with Crippen molar-refractivity contribution in [1.29, 1.82) is 0 Å². The van der Waals surface area contributed by atoms with Gasteiger partial charge >= 0.3 is 6.18 Å². The van der Waals surface area contributed by atoms with Gasteiger partial charge in [0.15, 0.2) is 0 Å². The van der Waals surface area contributed by atoms with Gasteiger partial charge in [-0.1, -0.05) is 6.07 Å². The van der Waals surface area contributed by atoms with Crippen molar-refractivity contribution in [2.45, 2.75) is 18.3 Å². The van der Waals surface area contributed by atoms with Crippen LogP contribution in [0, 0.1) is 5.82 Å². The maximum absolute atomic E-state index is 14.0. The Labute approximate surface area is 151 Å². The first-order valence-corrected chi connectivity index (χ1v) is 8.24. The van der Waals surface area contributed by atoms with Gasteiger partial charge in [-0.15, -0.1) is 0 Å². The van der Waals surface area contributed by atoms with Gasteiger partial charge in [-0.05, 0) is 36.4 Å². The quantitative estimate of drug-likeness (QED) is 0.488. The average molecular weight is 381 g/mol. The van der Waals surface area contributed by atoms with Gasteiger partial charge in [0.2, 0.25) is 0 Å². The summed E-state index contributed by atoms with van der Waals surface area (Å²) in [5.41, 5.74) is 1.55. The van der Waals surface area contributed by atoms with Gasteiger partial charge in [-0.25, -0.2) is 9.87 Å². The van der Waals surface area contributed by atoms with Gasteiger partial charge in [0, 0.05) is 24.5 Å². The van der Waals surface area contributed by atoms with Crippen LogP contribution in [0.4, 0.5) is 28.9 Å². The summed E-state index contributed by atoms with van der Waals surface area (Å²) in [6.07, 6.45) is -4.38. The van der Waals surface area contributed by atoms with E-state index in [0.29, 0.717) is 24.5 Å². The summed E-state index contributed by atoms with van der Waals surface area (Å²) < 4.78 is 52.6. The number of fused-ring (bicyclic) bond motifs is 1. The standard InChI is InChI=1S/C18H15F4N3O2/c19-14-7-12(4-5-13(14)17(26)23-27)25-9-15-16(25)8-24(15)11-3-1-2-10(6-11)18(20,21)22/h1-7,15-16,27H,8-9H2,(H,23,26)/t15?,16-/m1/s1. The normalized spacial score (nSPS) is 21.2. The minimum Gasteiger partial charge on any atom is -0.362 e. The number of nitrogens with zero attached hydrogens (tertiary/aromatic N) is 2. The van der Waals surface area contributed by atoms with Crippen molar-refractivity contribution in [3.8, 4) is 0 Å². The first kappa shape index (κ1) is 17.6. The van der Waals surface area contributed by atoms with Gasteiger partial charge < -0.3 is 9.80 Å². The van der Waals surface area contributed by atoms with Crippen molar-refractivity contribution < 1.29 is 27.6 Å². The average Bonchev–Trinajstić information content (AvgIpc) is 2.62. The third-order valence-electron chi connectivity index (χ3n) is 5.15. The number of nitrogens with one attached hydrogen (secondary N) is 1. The van der Waals surface area contributed by atoms with Gasteiger partial charge in [0.1, 0.15) is 5.82 Å². The summed E-state index contributed by atoms with van der Waals surface area (Å²) in [6, 6.07) is 9.45. The summed E-state index contributed by atoms with van der Waals surface area (Å²) in [7, 11) is 0. The maximum atomic E-state index is 14.0. The Hall–Kier alpha value is -2.81. The molecule has 2 N–H and O–H groups in total. The van der Waals surface area contributed by atoms with Crippen LogP contribution in [-0.2, 0) is 6.18 Å². The Kier molecular flexibility index (Phi) is 3.99. The molecule has 4 rings (SSSR count). The van der Waals surface area contributed by atoms with Crippen LogP contribution >= 0.6 is 0 Å². The summed E-state index contributed by atoms with van der Waals surface area (Å²) in [4.78, 5) is 15.2. The minimum absolute atomic E-state index is 0.0666. The fraction of sp³-hybridized carbons (Fsp3) is 0.278. The van der Waals surface area contributed by atoms with Gasteiger partial charge in [0.25, 0.3) is 5.91 Å². The SMILES string of the molecule is O=C(NO)c1ccc(N2CC3[C@H]2CN3c2cccc(C(F)(F)F)c2)cc1F. The molecule has 9 heteroatoms. The van der Waals surface area contributed by atoms with Gasteiger partial charge in [-0.3, -0.25) is 10.0 Å². The lowest BCUT2D eigenvalue weighted by Crippen LogP contribution is -2.79. The molecule has 0 spiro atoms. The van der Waals surface area contributed by atoms with E-state index >= 15 is 0 Å². The predicted molar refractivity (Wildman–Crippen MR) is 89.4 cm³/mol. The van der Waals surface area contributed by atoms with Crippen molar-refractivity contribution in [3.05, 3.63) is 59.4 Å². The predicted octanol–water partition coefficient (Wildman–Crippen LogP) is 3.04. The van der Waals surface area contributed by atoms with Crippen LogP contribution in [0.25, 0.3) is 0 Å². The molecule has 142 valence electrons. The molecule has 2 heterocycles. The third kappa shape index (κ3) is 2.87. The van der Waals surface area contributed by atoms with Gasteiger partial charge in [-0.2, -0.15) is 13.2 Å². The van der Waals surface area contributed by atoms with Crippen molar-refractivity contribution in [2.24, 2.45) is 0 Å². The highest BCUT2D eigenvalue weighted by Gasteiger charge is 2.52. The Bertz CT molecular complexity index is 902. The zero-order valence-electron chi connectivity index (χ0n) is 13.9. The second-order valence-corrected chi connectivity index (χ2v) is 6.59. The molecule has 0 saturated carbocycles. The van der Waals surface area contributed by atoms with E-state index in [1.165, 1.54) is 23.7 Å². The van der Waals surface area contributed by atoms with Crippen molar-refractivity contribution in [1.82, 2.24) is 5.48 Å². The number of hydroxylamine groups is 1. The largest absolute Gasteiger partial charge is 0.416 e. The highest BCUT2D eigenvalue weighted by atomic mass is 19.4. The fourth-order valence-corrected chi connectivity index (χ4v) is 3.64. The molecule has 27 heavy (non-hydrogen) atoms. The summed E-state index contributed by atoms with van der Waals surface area (Å²) in [5.74, 6) is -1.68. The Balaban J connectivity index is 1.46. The number of benzene rings is 2. The molecule has 1 unspecified atom stereocenters. The molecule has 2 aromatic rings. The van der Waals surface area contributed by atoms with E-state index in [0.717, 1.165) is 12.1 Å². The smallest absolute Gasteiger partial charge is 0.362 e. The number of piperazine rings is 1. The fourth-order valence-electron chi connectivity index (χ4n) is 3.64. The van der Waals surface area contributed by atoms with Gasteiger partial charge in [0.05, 0.1) is 23.2 Å². The number of anilines is 2. The molecule has 0 aliphatic carbocycles. The number of hydrogen-bond acceptors (Lipinski definition) is 4. The Morgan fingerprint density at radius 1 is 1.04 bits per heavy atom. The molecule has 2 atom stereocenters. The molecule has 0 aromatic heterocycles. The van der Waals surface area contributed by atoms with Crippen LogP contribution in [0.2, 0.25) is 0 Å². The molecular weight excluding hydrogens is 366 g/mol. The number of amides is 1. The van der Waals surface area contributed by atoms with E-state index in [-0.39, 0.29) is 17.6 Å². The van der Waals surface area contributed by atoms with Crippen LogP contribution in [0.3, 0.4) is 0 Å². The van der Waals surface area contributed by atoms with Crippen molar-refractivity contribution in [3.63, 3.8) is 0 Å². The van der Waals surface area contributed by atoms with E-state index in [4.69, 9.17) is 5.21 Å². The molecular formula is C18H15F4N3O2. The number of rotatable bonds is 3. The zero-order valence-corrected chi connectivity index (χ0v) is 13.9. The van der Waals surface area contributed by atoms with Crippen LogP contribution in [0.15, 0.2) is 42.5 Å². The molecule has 1 amide bonds. The second-order valence-electron chi connectivity index (χ2n) is 6.59. The summed E-state index contributed by atoms with van der Waals surface area (Å²) in [6.45, 7) is 1.08. The molecule has 2 aromatic carbocycles. The van der Waals surface area contributed by atoms with E-state index in [9.17, 15) is 22.4 Å².